The van der Waals surface area contributed by atoms with E-state index in [4.69, 9.17) is 11.6 Å². The number of hydrogen-bond donors (Lipinski definition) is 1. The zero-order valence-electron chi connectivity index (χ0n) is 9.27. The number of methoxy groups -OCH3 is 1. The van der Waals surface area contributed by atoms with Crippen LogP contribution in [-0.4, -0.2) is 19.0 Å². The second-order valence-electron chi connectivity index (χ2n) is 3.97. The van der Waals surface area contributed by atoms with Gasteiger partial charge in [0.25, 0.3) is 0 Å². The number of hydrogen-bond acceptors (Lipinski definition) is 3. The standard InChI is InChI=1S/C12H12ClNO3/c1-17-12(16)10-6-9(10)11(15)14-8-4-2-7(13)3-5-8/h2-5,9-10H,6H2,1H3,(H,14,15)/t9-,10+/m0/s1. The van der Waals surface area contributed by atoms with E-state index in [-0.39, 0.29) is 23.7 Å². The molecule has 1 aliphatic carbocycles. The molecule has 0 unspecified atom stereocenters. The van der Waals surface area contributed by atoms with Crippen LogP contribution in [0.4, 0.5) is 5.69 Å². The molecule has 0 bridgehead atoms. The van der Waals surface area contributed by atoms with Gasteiger partial charge in [0.05, 0.1) is 18.9 Å². The van der Waals surface area contributed by atoms with Crippen molar-refractivity contribution in [1.82, 2.24) is 0 Å². The molecule has 5 heteroatoms. The van der Waals surface area contributed by atoms with E-state index in [9.17, 15) is 9.59 Å². The van der Waals surface area contributed by atoms with Crippen LogP contribution in [0, 0.1) is 11.8 Å². The van der Waals surface area contributed by atoms with Crippen molar-refractivity contribution in [3.8, 4) is 0 Å². The van der Waals surface area contributed by atoms with E-state index < -0.39 is 0 Å². The van der Waals surface area contributed by atoms with Crippen molar-refractivity contribution >= 4 is 29.2 Å². The Hall–Kier alpha value is -1.55. The van der Waals surface area contributed by atoms with Gasteiger partial charge in [-0.1, -0.05) is 11.6 Å². The van der Waals surface area contributed by atoms with Gasteiger partial charge in [0.15, 0.2) is 0 Å². The van der Waals surface area contributed by atoms with Gasteiger partial charge in [-0.15, -0.1) is 0 Å². The molecule has 2 atom stereocenters. The Morgan fingerprint density at radius 3 is 2.53 bits per heavy atom. The Balaban J connectivity index is 1.91. The lowest BCUT2D eigenvalue weighted by Crippen LogP contribution is -2.17. The fraction of sp³-hybridized carbons (Fsp3) is 0.333. The van der Waals surface area contributed by atoms with Crippen molar-refractivity contribution < 1.29 is 14.3 Å². The van der Waals surface area contributed by atoms with Gasteiger partial charge in [0.2, 0.25) is 5.91 Å². The van der Waals surface area contributed by atoms with Gasteiger partial charge < -0.3 is 10.1 Å². The SMILES string of the molecule is COC(=O)[C@@H]1C[C@@H]1C(=O)Nc1ccc(Cl)cc1. The first-order valence-electron chi connectivity index (χ1n) is 5.26. The predicted octanol–water partition coefficient (Wildman–Crippen LogP) is 2.09. The number of anilines is 1. The average Bonchev–Trinajstić information content (AvgIpc) is 3.11. The van der Waals surface area contributed by atoms with Crippen molar-refractivity contribution in [2.75, 3.05) is 12.4 Å². The number of ether oxygens (including phenoxy) is 1. The summed E-state index contributed by atoms with van der Waals surface area (Å²) < 4.78 is 4.58. The summed E-state index contributed by atoms with van der Waals surface area (Å²) in [6.07, 6.45) is 0.562. The highest BCUT2D eigenvalue weighted by Gasteiger charge is 2.48. The summed E-state index contributed by atoms with van der Waals surface area (Å²) in [5.41, 5.74) is 0.676. The quantitative estimate of drug-likeness (QED) is 0.840. The number of carbonyl (C=O) groups is 2. The van der Waals surface area contributed by atoms with E-state index in [0.717, 1.165) is 0 Å². The van der Waals surface area contributed by atoms with E-state index in [1.54, 1.807) is 24.3 Å². The Morgan fingerprint density at radius 1 is 1.29 bits per heavy atom. The molecule has 1 N–H and O–H groups in total. The third-order valence-electron chi connectivity index (χ3n) is 2.74. The normalized spacial score (nSPS) is 21.8. The lowest BCUT2D eigenvalue weighted by molar-refractivity contribution is -0.143. The van der Waals surface area contributed by atoms with Crippen LogP contribution in [0.3, 0.4) is 0 Å². The maximum atomic E-state index is 11.7. The summed E-state index contributed by atoms with van der Waals surface area (Å²) in [7, 11) is 1.33. The van der Waals surface area contributed by atoms with Gasteiger partial charge in [-0.3, -0.25) is 9.59 Å². The molecule has 17 heavy (non-hydrogen) atoms. The number of nitrogens with one attached hydrogen (secondary N) is 1. The molecule has 0 aliphatic heterocycles. The van der Waals surface area contributed by atoms with E-state index in [2.05, 4.69) is 10.1 Å². The van der Waals surface area contributed by atoms with Crippen LogP contribution in [0.1, 0.15) is 6.42 Å². The van der Waals surface area contributed by atoms with Crippen LogP contribution in [0.15, 0.2) is 24.3 Å². The molecule has 0 heterocycles. The van der Waals surface area contributed by atoms with Gasteiger partial charge in [-0.25, -0.2) is 0 Å². The summed E-state index contributed by atoms with van der Waals surface area (Å²) in [5, 5.41) is 3.35. The highest BCUT2D eigenvalue weighted by molar-refractivity contribution is 6.30. The monoisotopic (exact) mass is 253 g/mol. The summed E-state index contributed by atoms with van der Waals surface area (Å²) in [4.78, 5) is 22.9. The Labute approximate surface area is 104 Å². The van der Waals surface area contributed by atoms with Crippen molar-refractivity contribution in [3.05, 3.63) is 29.3 Å². The van der Waals surface area contributed by atoms with Crippen LogP contribution < -0.4 is 5.32 Å². The molecule has 1 aromatic carbocycles. The van der Waals surface area contributed by atoms with Crippen LogP contribution >= 0.6 is 11.6 Å². The van der Waals surface area contributed by atoms with Crippen LogP contribution in [0.5, 0.6) is 0 Å². The van der Waals surface area contributed by atoms with Gasteiger partial charge in [-0.05, 0) is 30.7 Å². The highest BCUT2D eigenvalue weighted by atomic mass is 35.5. The lowest BCUT2D eigenvalue weighted by Gasteiger charge is -2.04. The lowest BCUT2D eigenvalue weighted by atomic mass is 10.2. The van der Waals surface area contributed by atoms with Crippen LogP contribution in [-0.2, 0) is 14.3 Å². The van der Waals surface area contributed by atoms with Crippen LogP contribution in [0.25, 0.3) is 0 Å². The van der Waals surface area contributed by atoms with Gasteiger partial charge >= 0.3 is 5.97 Å². The van der Waals surface area contributed by atoms with Crippen molar-refractivity contribution in [1.29, 1.82) is 0 Å². The predicted molar refractivity (Wildman–Crippen MR) is 63.7 cm³/mol. The van der Waals surface area contributed by atoms with Gasteiger partial charge in [0, 0.05) is 10.7 Å². The minimum absolute atomic E-state index is 0.150. The molecule has 1 saturated carbocycles. The molecule has 1 aromatic rings. The number of rotatable bonds is 3. The summed E-state index contributed by atoms with van der Waals surface area (Å²) in [5.74, 6) is -1.02. The molecule has 0 spiro atoms. The molecule has 90 valence electrons. The highest BCUT2D eigenvalue weighted by Crippen LogP contribution is 2.40. The zero-order chi connectivity index (χ0) is 12.4. The molecule has 4 nitrogen and oxygen atoms in total. The second kappa shape index (κ2) is 4.75. The molecule has 0 saturated heterocycles. The number of carbonyl (C=O) groups excluding carboxylic acids is 2. The largest absolute Gasteiger partial charge is 0.469 e. The Bertz CT molecular complexity index is 444. The Morgan fingerprint density at radius 2 is 1.94 bits per heavy atom. The molecule has 1 fully saturated rings. The molecule has 1 amide bonds. The summed E-state index contributed by atoms with van der Waals surface area (Å²) >= 11 is 5.73. The molecular weight excluding hydrogens is 242 g/mol. The first kappa shape index (κ1) is 11.9. The molecule has 0 aromatic heterocycles. The van der Waals surface area contributed by atoms with Crippen molar-refractivity contribution in [3.63, 3.8) is 0 Å². The molecule has 0 radical (unpaired) electrons. The smallest absolute Gasteiger partial charge is 0.309 e. The maximum absolute atomic E-state index is 11.7. The fourth-order valence-corrected chi connectivity index (χ4v) is 1.79. The number of halogens is 1. The topological polar surface area (TPSA) is 55.4 Å². The van der Waals surface area contributed by atoms with E-state index in [1.807, 2.05) is 0 Å². The minimum atomic E-state index is -0.318. The van der Waals surface area contributed by atoms with Crippen molar-refractivity contribution in [2.24, 2.45) is 11.8 Å². The summed E-state index contributed by atoms with van der Waals surface area (Å²) in [6.45, 7) is 0. The van der Waals surface area contributed by atoms with E-state index in [0.29, 0.717) is 17.1 Å². The zero-order valence-corrected chi connectivity index (χ0v) is 10.0. The number of benzene rings is 1. The maximum Gasteiger partial charge on any atom is 0.309 e. The number of esters is 1. The first-order valence-corrected chi connectivity index (χ1v) is 5.64. The molecule has 2 rings (SSSR count). The number of amides is 1. The molecule has 1 aliphatic rings. The molecular formula is C12H12ClNO3. The van der Waals surface area contributed by atoms with E-state index >= 15 is 0 Å². The Kier molecular flexibility index (Phi) is 3.33. The van der Waals surface area contributed by atoms with Gasteiger partial charge in [0.1, 0.15) is 0 Å². The third kappa shape index (κ3) is 2.77. The average molecular weight is 254 g/mol. The third-order valence-corrected chi connectivity index (χ3v) is 2.99. The summed E-state index contributed by atoms with van der Waals surface area (Å²) in [6, 6.07) is 6.83. The van der Waals surface area contributed by atoms with Crippen LogP contribution in [0.2, 0.25) is 5.02 Å². The van der Waals surface area contributed by atoms with E-state index in [1.165, 1.54) is 7.11 Å². The first-order chi connectivity index (χ1) is 8.11. The second-order valence-corrected chi connectivity index (χ2v) is 4.40. The minimum Gasteiger partial charge on any atom is -0.469 e. The van der Waals surface area contributed by atoms with Crippen molar-refractivity contribution in [2.45, 2.75) is 6.42 Å². The fourth-order valence-electron chi connectivity index (χ4n) is 1.66. The van der Waals surface area contributed by atoms with Gasteiger partial charge in [-0.2, -0.15) is 0 Å².